The van der Waals surface area contributed by atoms with Crippen LogP contribution >= 0.6 is 11.3 Å². The fourth-order valence-electron chi connectivity index (χ4n) is 3.64. The molecule has 4 rings (SSSR count). The maximum absolute atomic E-state index is 11.7. The summed E-state index contributed by atoms with van der Waals surface area (Å²) in [5, 5.41) is 5.84. The molecule has 0 radical (unpaired) electrons. The van der Waals surface area contributed by atoms with E-state index in [0.29, 0.717) is 17.3 Å². The van der Waals surface area contributed by atoms with Gasteiger partial charge < -0.3 is 4.74 Å². The first-order valence-corrected chi connectivity index (χ1v) is 9.52. The number of carbonyl (C=O) groups is 1. The Balaban J connectivity index is 1.76. The SMILES string of the molecule is COc1ccc(-c2nc3sc(C4CCCCC4)nn3c2C=O)cc1C. The third kappa shape index (κ3) is 2.84. The molecule has 0 atom stereocenters. The zero-order valence-electron chi connectivity index (χ0n) is 14.5. The second-order valence-electron chi connectivity index (χ2n) is 6.62. The van der Waals surface area contributed by atoms with Gasteiger partial charge >= 0.3 is 0 Å². The number of imidazole rings is 1. The summed E-state index contributed by atoms with van der Waals surface area (Å²) in [7, 11) is 1.65. The molecule has 5 nitrogen and oxygen atoms in total. The number of fused-ring (bicyclic) bond motifs is 1. The summed E-state index contributed by atoms with van der Waals surface area (Å²) in [6, 6.07) is 5.85. The van der Waals surface area contributed by atoms with Crippen LogP contribution in [0.4, 0.5) is 0 Å². The summed E-state index contributed by atoms with van der Waals surface area (Å²) in [6.45, 7) is 1.99. The largest absolute Gasteiger partial charge is 0.496 e. The van der Waals surface area contributed by atoms with Gasteiger partial charge in [-0.15, -0.1) is 0 Å². The lowest BCUT2D eigenvalue weighted by atomic mass is 9.90. The molecule has 2 aromatic heterocycles. The number of aromatic nitrogens is 3. The van der Waals surface area contributed by atoms with Gasteiger partial charge in [-0.05, 0) is 43.5 Å². The minimum absolute atomic E-state index is 0.520. The van der Waals surface area contributed by atoms with E-state index in [-0.39, 0.29) is 0 Å². The summed E-state index contributed by atoms with van der Waals surface area (Å²) in [5.74, 6) is 1.35. The average molecular weight is 355 g/mol. The molecular formula is C19H21N3O2S. The maximum Gasteiger partial charge on any atom is 0.213 e. The van der Waals surface area contributed by atoms with E-state index in [0.717, 1.165) is 33.1 Å². The topological polar surface area (TPSA) is 56.5 Å². The molecule has 1 aliphatic rings. The summed E-state index contributed by atoms with van der Waals surface area (Å²) in [5.41, 5.74) is 3.15. The molecule has 0 unspecified atom stereocenters. The molecule has 2 heterocycles. The van der Waals surface area contributed by atoms with E-state index in [2.05, 4.69) is 0 Å². The van der Waals surface area contributed by atoms with Crippen molar-refractivity contribution < 1.29 is 9.53 Å². The van der Waals surface area contributed by atoms with E-state index in [1.807, 2.05) is 25.1 Å². The molecule has 1 aromatic carbocycles. The molecule has 3 aromatic rings. The van der Waals surface area contributed by atoms with Crippen molar-refractivity contribution in [3.05, 3.63) is 34.5 Å². The van der Waals surface area contributed by atoms with E-state index in [1.54, 1.807) is 23.0 Å². The molecule has 1 saturated carbocycles. The van der Waals surface area contributed by atoms with Crippen molar-refractivity contribution in [2.75, 3.05) is 7.11 Å². The van der Waals surface area contributed by atoms with E-state index < -0.39 is 0 Å². The number of benzene rings is 1. The van der Waals surface area contributed by atoms with Gasteiger partial charge in [-0.3, -0.25) is 4.79 Å². The number of methoxy groups -OCH3 is 1. The summed E-state index contributed by atoms with van der Waals surface area (Å²) < 4.78 is 7.03. The third-order valence-corrected chi connectivity index (χ3v) is 6.06. The van der Waals surface area contributed by atoms with Crippen molar-refractivity contribution >= 4 is 22.6 Å². The monoisotopic (exact) mass is 355 g/mol. The third-order valence-electron chi connectivity index (χ3n) is 4.99. The molecule has 0 saturated heterocycles. The van der Waals surface area contributed by atoms with Crippen LogP contribution in [-0.2, 0) is 0 Å². The lowest BCUT2D eigenvalue weighted by Gasteiger charge is -2.18. The fourth-order valence-corrected chi connectivity index (χ4v) is 4.71. The lowest BCUT2D eigenvalue weighted by molar-refractivity contribution is 0.111. The highest BCUT2D eigenvalue weighted by Crippen LogP contribution is 2.36. The number of hydrogen-bond acceptors (Lipinski definition) is 5. The zero-order chi connectivity index (χ0) is 17.4. The van der Waals surface area contributed by atoms with Gasteiger partial charge in [0.05, 0.1) is 7.11 Å². The van der Waals surface area contributed by atoms with Gasteiger partial charge in [-0.2, -0.15) is 9.61 Å². The van der Waals surface area contributed by atoms with Crippen molar-refractivity contribution in [2.45, 2.75) is 44.9 Å². The Bertz CT molecular complexity index is 922. The number of ether oxygens (including phenoxy) is 1. The Labute approximate surface area is 150 Å². The zero-order valence-corrected chi connectivity index (χ0v) is 15.3. The smallest absolute Gasteiger partial charge is 0.213 e. The average Bonchev–Trinajstić information content (AvgIpc) is 3.20. The summed E-state index contributed by atoms with van der Waals surface area (Å²) in [6.07, 6.45) is 7.10. The van der Waals surface area contributed by atoms with Crippen LogP contribution in [0.15, 0.2) is 18.2 Å². The Morgan fingerprint density at radius 3 is 2.76 bits per heavy atom. The molecule has 0 bridgehead atoms. The van der Waals surface area contributed by atoms with Gasteiger partial charge in [0.2, 0.25) is 4.96 Å². The Kier molecular flexibility index (Phi) is 4.29. The van der Waals surface area contributed by atoms with Crippen LogP contribution in [0, 0.1) is 6.92 Å². The molecule has 1 aliphatic carbocycles. The van der Waals surface area contributed by atoms with Crippen LogP contribution in [0.2, 0.25) is 0 Å². The van der Waals surface area contributed by atoms with Crippen molar-refractivity contribution in [1.29, 1.82) is 0 Å². The van der Waals surface area contributed by atoms with Gasteiger partial charge in [-0.25, -0.2) is 4.98 Å². The van der Waals surface area contributed by atoms with Crippen LogP contribution in [0.1, 0.15) is 59.1 Å². The predicted molar refractivity (Wildman–Crippen MR) is 98.8 cm³/mol. The molecule has 1 fully saturated rings. The number of aldehydes is 1. The van der Waals surface area contributed by atoms with Crippen molar-refractivity contribution in [1.82, 2.24) is 14.6 Å². The Morgan fingerprint density at radius 2 is 2.08 bits per heavy atom. The van der Waals surface area contributed by atoms with E-state index in [9.17, 15) is 4.79 Å². The molecule has 0 aliphatic heterocycles. The second-order valence-corrected chi connectivity index (χ2v) is 7.61. The molecule has 25 heavy (non-hydrogen) atoms. The number of nitrogens with zero attached hydrogens (tertiary/aromatic N) is 3. The van der Waals surface area contributed by atoms with Crippen LogP contribution in [0.25, 0.3) is 16.2 Å². The second kappa shape index (κ2) is 6.59. The minimum Gasteiger partial charge on any atom is -0.496 e. The summed E-state index contributed by atoms with van der Waals surface area (Å²) in [4.78, 5) is 17.3. The maximum atomic E-state index is 11.7. The Hall–Kier alpha value is -2.21. The number of rotatable bonds is 4. The van der Waals surface area contributed by atoms with Crippen LogP contribution < -0.4 is 4.74 Å². The van der Waals surface area contributed by atoms with Crippen molar-refractivity contribution in [2.24, 2.45) is 0 Å². The normalized spacial score (nSPS) is 15.6. The first-order valence-electron chi connectivity index (χ1n) is 8.71. The van der Waals surface area contributed by atoms with E-state index in [4.69, 9.17) is 14.8 Å². The van der Waals surface area contributed by atoms with Gasteiger partial charge in [0.15, 0.2) is 6.29 Å². The van der Waals surface area contributed by atoms with Gasteiger partial charge in [0.25, 0.3) is 0 Å². The van der Waals surface area contributed by atoms with Crippen molar-refractivity contribution in [3.63, 3.8) is 0 Å². The number of aryl methyl sites for hydroxylation is 1. The van der Waals surface area contributed by atoms with Crippen LogP contribution in [-0.4, -0.2) is 28.0 Å². The number of carbonyl (C=O) groups excluding carboxylic acids is 1. The minimum atomic E-state index is 0.520. The standard InChI is InChI=1S/C19H21N3O2S/c1-12-10-14(8-9-16(12)24-2)17-15(11-23)22-19(20-17)25-18(21-22)13-6-4-3-5-7-13/h8-11,13H,3-7H2,1-2H3. The molecule has 6 heteroatoms. The Morgan fingerprint density at radius 1 is 1.28 bits per heavy atom. The molecule has 0 spiro atoms. The van der Waals surface area contributed by atoms with E-state index in [1.165, 1.54) is 32.1 Å². The van der Waals surface area contributed by atoms with E-state index >= 15 is 0 Å². The van der Waals surface area contributed by atoms with Gasteiger partial charge in [0, 0.05) is 11.5 Å². The molecular weight excluding hydrogens is 334 g/mol. The highest BCUT2D eigenvalue weighted by molar-refractivity contribution is 7.16. The highest BCUT2D eigenvalue weighted by atomic mass is 32.1. The van der Waals surface area contributed by atoms with Gasteiger partial charge in [-0.1, -0.05) is 30.6 Å². The molecule has 130 valence electrons. The molecule has 0 N–H and O–H groups in total. The molecule has 0 amide bonds. The van der Waals surface area contributed by atoms with Crippen LogP contribution in [0.5, 0.6) is 5.75 Å². The fraction of sp³-hybridized carbons (Fsp3) is 0.421. The van der Waals surface area contributed by atoms with Crippen molar-refractivity contribution in [3.8, 4) is 17.0 Å². The highest BCUT2D eigenvalue weighted by Gasteiger charge is 2.23. The first kappa shape index (κ1) is 16.3. The predicted octanol–water partition coefficient (Wildman–Crippen LogP) is 4.64. The quantitative estimate of drug-likeness (QED) is 0.640. The first-order chi connectivity index (χ1) is 12.2. The lowest BCUT2D eigenvalue weighted by Crippen LogP contribution is -2.05. The summed E-state index contributed by atoms with van der Waals surface area (Å²) >= 11 is 1.62. The van der Waals surface area contributed by atoms with Gasteiger partial charge in [0.1, 0.15) is 22.1 Å². The number of hydrogen-bond donors (Lipinski definition) is 0. The van der Waals surface area contributed by atoms with Crippen LogP contribution in [0.3, 0.4) is 0 Å².